The molecule has 0 atom stereocenters. The van der Waals surface area contributed by atoms with Crippen molar-refractivity contribution in [3.8, 4) is 11.8 Å². The highest BCUT2D eigenvalue weighted by Gasteiger charge is 2.01. The fraction of sp³-hybridized carbons (Fsp3) is 0.294. The van der Waals surface area contributed by atoms with Gasteiger partial charge >= 0.3 is 11.9 Å². The number of rotatable bonds is 6. The predicted molar refractivity (Wildman–Crippen MR) is 79.9 cm³/mol. The molecule has 0 spiro atoms. The van der Waals surface area contributed by atoms with E-state index in [4.69, 9.17) is 9.84 Å². The van der Waals surface area contributed by atoms with Gasteiger partial charge in [0.15, 0.2) is 0 Å². The maximum Gasteiger partial charge on any atom is 0.335 e. The summed E-state index contributed by atoms with van der Waals surface area (Å²) >= 11 is 0. The molecule has 0 heterocycles. The van der Waals surface area contributed by atoms with Crippen molar-refractivity contribution in [2.24, 2.45) is 0 Å². The number of benzene rings is 1. The fourth-order valence-corrected chi connectivity index (χ4v) is 1.46. The van der Waals surface area contributed by atoms with E-state index < -0.39 is 5.97 Å². The fourth-order valence-electron chi connectivity index (χ4n) is 1.46. The Morgan fingerprint density at radius 3 is 2.48 bits per heavy atom. The van der Waals surface area contributed by atoms with Gasteiger partial charge in [0.2, 0.25) is 0 Å². The predicted octanol–water partition coefficient (Wildman–Crippen LogP) is 3.03. The van der Waals surface area contributed by atoms with Crippen LogP contribution in [0.4, 0.5) is 0 Å². The molecule has 4 nitrogen and oxygen atoms in total. The molecular formula is C17H18O4. The van der Waals surface area contributed by atoms with Crippen LogP contribution in [0.25, 0.3) is 0 Å². The Labute approximate surface area is 124 Å². The third-order valence-corrected chi connectivity index (χ3v) is 2.64. The Bertz CT molecular complexity index is 573. The minimum atomic E-state index is -0.946. The zero-order chi connectivity index (χ0) is 15.7. The number of esters is 1. The summed E-state index contributed by atoms with van der Waals surface area (Å²) in [5.41, 5.74) is 1.44. The molecule has 21 heavy (non-hydrogen) atoms. The van der Waals surface area contributed by atoms with Gasteiger partial charge in [-0.2, -0.15) is 0 Å². The van der Waals surface area contributed by atoms with E-state index in [0.29, 0.717) is 18.6 Å². The van der Waals surface area contributed by atoms with Crippen molar-refractivity contribution in [1.82, 2.24) is 0 Å². The summed E-state index contributed by atoms with van der Waals surface area (Å²) in [5, 5.41) is 8.77. The molecular weight excluding hydrogens is 268 g/mol. The molecule has 0 saturated carbocycles. The zero-order valence-electron chi connectivity index (χ0n) is 12.0. The van der Waals surface area contributed by atoms with Gasteiger partial charge in [-0.1, -0.05) is 18.4 Å². The number of hydrogen-bond donors (Lipinski definition) is 1. The average Bonchev–Trinajstić information content (AvgIpc) is 2.46. The molecule has 0 bridgehead atoms. The van der Waals surface area contributed by atoms with Crippen molar-refractivity contribution in [2.45, 2.75) is 26.2 Å². The summed E-state index contributed by atoms with van der Waals surface area (Å²) in [6.07, 6.45) is 2.29. The number of carbonyl (C=O) groups excluding carboxylic acids is 1. The lowest BCUT2D eigenvalue weighted by Crippen LogP contribution is -2.05. The number of unbranched alkanes of at least 4 members (excludes halogenated alkanes) is 2. The van der Waals surface area contributed by atoms with Crippen molar-refractivity contribution >= 4 is 11.9 Å². The first-order chi connectivity index (χ1) is 10.0. The van der Waals surface area contributed by atoms with Crippen LogP contribution in [0.3, 0.4) is 0 Å². The van der Waals surface area contributed by atoms with Gasteiger partial charge in [0.05, 0.1) is 12.2 Å². The second-order valence-electron chi connectivity index (χ2n) is 4.56. The Hall–Kier alpha value is -2.54. The summed E-state index contributed by atoms with van der Waals surface area (Å²) < 4.78 is 4.96. The summed E-state index contributed by atoms with van der Waals surface area (Å²) in [7, 11) is 0. The quantitative estimate of drug-likeness (QED) is 0.378. The van der Waals surface area contributed by atoms with Gasteiger partial charge in [0, 0.05) is 17.6 Å². The standard InChI is InChI=1S/C17H18O4/c1-13(2)17(20)21-12-6-4-3-5-7-14-8-10-15(11-9-14)16(18)19/h8-11H,1,3-4,6,12H2,2H3,(H,18,19). The van der Waals surface area contributed by atoms with Crippen LogP contribution in [-0.4, -0.2) is 23.7 Å². The molecule has 1 aromatic carbocycles. The minimum absolute atomic E-state index is 0.250. The van der Waals surface area contributed by atoms with E-state index >= 15 is 0 Å². The Kier molecular flexibility index (Phi) is 6.76. The number of aromatic carboxylic acids is 1. The third-order valence-electron chi connectivity index (χ3n) is 2.64. The molecule has 0 aliphatic rings. The summed E-state index contributed by atoms with van der Waals surface area (Å²) in [6, 6.07) is 6.43. The number of hydrogen-bond acceptors (Lipinski definition) is 3. The first kappa shape index (κ1) is 16.5. The third kappa shape index (κ3) is 6.44. The van der Waals surface area contributed by atoms with Crippen LogP contribution in [0.15, 0.2) is 36.4 Å². The molecule has 0 saturated heterocycles. The van der Waals surface area contributed by atoms with E-state index in [1.807, 2.05) is 0 Å². The van der Waals surface area contributed by atoms with E-state index in [1.54, 1.807) is 19.1 Å². The number of carboxylic acid groups (broad SMARTS) is 1. The van der Waals surface area contributed by atoms with Crippen molar-refractivity contribution in [1.29, 1.82) is 0 Å². The Morgan fingerprint density at radius 2 is 1.90 bits per heavy atom. The van der Waals surface area contributed by atoms with Crippen LogP contribution >= 0.6 is 0 Å². The highest BCUT2D eigenvalue weighted by atomic mass is 16.5. The lowest BCUT2D eigenvalue weighted by atomic mass is 10.1. The largest absolute Gasteiger partial charge is 0.478 e. The normalized spacial score (nSPS) is 9.38. The monoisotopic (exact) mass is 286 g/mol. The van der Waals surface area contributed by atoms with Gasteiger partial charge in [-0.05, 0) is 44.0 Å². The number of carbonyl (C=O) groups is 2. The topological polar surface area (TPSA) is 63.6 Å². The molecule has 1 rings (SSSR count). The molecule has 110 valence electrons. The maximum atomic E-state index is 11.1. The molecule has 4 heteroatoms. The van der Waals surface area contributed by atoms with E-state index in [1.165, 1.54) is 12.1 Å². The van der Waals surface area contributed by atoms with E-state index in [2.05, 4.69) is 18.4 Å². The Balaban J connectivity index is 2.26. The van der Waals surface area contributed by atoms with E-state index in [9.17, 15) is 9.59 Å². The van der Waals surface area contributed by atoms with Gasteiger partial charge in [0.1, 0.15) is 0 Å². The lowest BCUT2D eigenvalue weighted by molar-refractivity contribution is -0.139. The smallest absolute Gasteiger partial charge is 0.335 e. The first-order valence-electron chi connectivity index (χ1n) is 6.65. The van der Waals surface area contributed by atoms with E-state index in [0.717, 1.165) is 18.4 Å². The van der Waals surface area contributed by atoms with Crippen LogP contribution < -0.4 is 0 Å². The van der Waals surface area contributed by atoms with Crippen molar-refractivity contribution in [3.05, 3.63) is 47.5 Å². The van der Waals surface area contributed by atoms with Crippen molar-refractivity contribution in [2.75, 3.05) is 6.61 Å². The van der Waals surface area contributed by atoms with Gasteiger partial charge in [-0.3, -0.25) is 0 Å². The molecule has 0 fully saturated rings. The minimum Gasteiger partial charge on any atom is -0.478 e. The van der Waals surface area contributed by atoms with Crippen molar-refractivity contribution < 1.29 is 19.4 Å². The van der Waals surface area contributed by atoms with Gasteiger partial charge in [-0.15, -0.1) is 0 Å². The zero-order valence-corrected chi connectivity index (χ0v) is 12.0. The molecule has 0 aliphatic heterocycles. The molecule has 0 aromatic heterocycles. The van der Waals surface area contributed by atoms with Gasteiger partial charge in [-0.25, -0.2) is 9.59 Å². The molecule has 0 aliphatic carbocycles. The molecule has 0 unspecified atom stereocenters. The van der Waals surface area contributed by atoms with Crippen molar-refractivity contribution in [3.63, 3.8) is 0 Å². The Morgan fingerprint density at radius 1 is 1.24 bits per heavy atom. The lowest BCUT2D eigenvalue weighted by Gasteiger charge is -2.02. The second-order valence-corrected chi connectivity index (χ2v) is 4.56. The summed E-state index contributed by atoms with van der Waals surface area (Å²) in [5.74, 6) is 4.66. The molecule has 1 N–H and O–H groups in total. The molecule has 0 amide bonds. The van der Waals surface area contributed by atoms with Crippen LogP contribution in [0, 0.1) is 11.8 Å². The maximum absolute atomic E-state index is 11.1. The van der Waals surface area contributed by atoms with Gasteiger partial charge in [0.25, 0.3) is 0 Å². The van der Waals surface area contributed by atoms with Crippen LogP contribution in [0.2, 0.25) is 0 Å². The van der Waals surface area contributed by atoms with E-state index in [-0.39, 0.29) is 11.5 Å². The summed E-state index contributed by atoms with van der Waals surface area (Å²) in [6.45, 7) is 5.49. The van der Waals surface area contributed by atoms with Crippen LogP contribution in [-0.2, 0) is 9.53 Å². The van der Waals surface area contributed by atoms with Gasteiger partial charge < -0.3 is 9.84 Å². The highest BCUT2D eigenvalue weighted by Crippen LogP contribution is 2.03. The number of ether oxygens (including phenoxy) is 1. The molecule has 1 aromatic rings. The second kappa shape index (κ2) is 8.60. The molecule has 0 radical (unpaired) electrons. The summed E-state index contributed by atoms with van der Waals surface area (Å²) in [4.78, 5) is 21.8. The number of carboxylic acids is 1. The first-order valence-corrected chi connectivity index (χ1v) is 6.65. The van der Waals surface area contributed by atoms with Crippen LogP contribution in [0.1, 0.15) is 42.1 Å². The highest BCUT2D eigenvalue weighted by molar-refractivity contribution is 5.87. The SMILES string of the molecule is C=C(C)C(=O)OCCCCC#Cc1ccc(C(=O)O)cc1. The average molecular weight is 286 g/mol. The van der Waals surface area contributed by atoms with Crippen LogP contribution in [0.5, 0.6) is 0 Å².